The smallest absolute Gasteiger partial charge is 0.226 e. The second-order valence-electron chi connectivity index (χ2n) is 6.04. The molecule has 3 atom stereocenters. The minimum absolute atomic E-state index is 0. The van der Waals surface area contributed by atoms with Gasteiger partial charge in [0.05, 0.1) is 6.04 Å². The Morgan fingerprint density at radius 3 is 2.73 bits per heavy atom. The van der Waals surface area contributed by atoms with Crippen LogP contribution in [-0.2, 0) is 4.79 Å². The van der Waals surface area contributed by atoms with Crippen LogP contribution in [0.15, 0.2) is 11.6 Å². The lowest BCUT2D eigenvalue weighted by Gasteiger charge is -2.38. The Labute approximate surface area is 148 Å². The first-order valence-corrected chi connectivity index (χ1v) is 8.59. The van der Waals surface area contributed by atoms with Crippen molar-refractivity contribution in [2.45, 2.75) is 57.0 Å². The largest absolute Gasteiger partial charge is 0.333 e. The molecular formula is C15H25Cl2N3OS. The zero-order chi connectivity index (χ0) is 13.9. The number of carbonyl (C=O) groups excluding carboxylic acids is 1. The van der Waals surface area contributed by atoms with Crippen LogP contribution in [0.3, 0.4) is 0 Å². The summed E-state index contributed by atoms with van der Waals surface area (Å²) in [5.41, 5.74) is 6.04. The Bertz CT molecular complexity index is 458. The molecular weight excluding hydrogens is 341 g/mol. The Kier molecular flexibility index (Phi) is 8.11. The Balaban J connectivity index is 0.00000121. The quantitative estimate of drug-likeness (QED) is 0.871. The van der Waals surface area contributed by atoms with E-state index in [2.05, 4.69) is 9.88 Å². The number of carbonyl (C=O) groups is 1. The molecule has 126 valence electrons. The normalized spacial score (nSPS) is 28.4. The number of hydrogen-bond donors (Lipinski definition) is 1. The van der Waals surface area contributed by atoms with E-state index in [0.29, 0.717) is 5.91 Å². The summed E-state index contributed by atoms with van der Waals surface area (Å²) in [6, 6.07) is 0.412. The summed E-state index contributed by atoms with van der Waals surface area (Å²) in [7, 11) is 0. The fourth-order valence-electron chi connectivity index (χ4n) is 3.54. The van der Waals surface area contributed by atoms with Gasteiger partial charge in [-0.2, -0.15) is 0 Å². The van der Waals surface area contributed by atoms with Crippen molar-refractivity contribution in [1.29, 1.82) is 0 Å². The van der Waals surface area contributed by atoms with Crippen molar-refractivity contribution in [2.75, 3.05) is 6.54 Å². The van der Waals surface area contributed by atoms with Crippen molar-refractivity contribution in [3.63, 3.8) is 0 Å². The van der Waals surface area contributed by atoms with Gasteiger partial charge in [0.1, 0.15) is 5.01 Å². The van der Waals surface area contributed by atoms with Gasteiger partial charge in [-0.3, -0.25) is 4.79 Å². The fraction of sp³-hybridized carbons (Fsp3) is 0.733. The lowest BCUT2D eigenvalue weighted by molar-refractivity contribution is -0.140. The third-order valence-electron chi connectivity index (χ3n) is 4.59. The van der Waals surface area contributed by atoms with Gasteiger partial charge < -0.3 is 10.6 Å². The summed E-state index contributed by atoms with van der Waals surface area (Å²) in [6.07, 6.45) is 9.23. The minimum atomic E-state index is 0. The van der Waals surface area contributed by atoms with Crippen molar-refractivity contribution < 1.29 is 4.79 Å². The van der Waals surface area contributed by atoms with Crippen LogP contribution in [0.2, 0.25) is 0 Å². The van der Waals surface area contributed by atoms with Crippen LogP contribution in [0.1, 0.15) is 56.0 Å². The van der Waals surface area contributed by atoms with Crippen molar-refractivity contribution in [1.82, 2.24) is 9.88 Å². The minimum Gasteiger partial charge on any atom is -0.333 e. The number of nitrogens with two attached hydrogens (primary N) is 1. The third kappa shape index (κ3) is 4.34. The van der Waals surface area contributed by atoms with E-state index in [0.717, 1.165) is 50.1 Å². The monoisotopic (exact) mass is 365 g/mol. The van der Waals surface area contributed by atoms with E-state index in [1.165, 1.54) is 6.42 Å². The zero-order valence-electron chi connectivity index (χ0n) is 12.6. The first-order valence-electron chi connectivity index (χ1n) is 7.71. The first kappa shape index (κ1) is 19.7. The van der Waals surface area contributed by atoms with E-state index in [4.69, 9.17) is 5.73 Å². The maximum absolute atomic E-state index is 12.9. The molecule has 3 rings (SSSR count). The predicted octanol–water partition coefficient (Wildman–Crippen LogP) is 3.56. The molecule has 3 unspecified atom stereocenters. The number of likely N-dealkylation sites (tertiary alicyclic amines) is 1. The zero-order valence-corrected chi connectivity index (χ0v) is 15.1. The van der Waals surface area contributed by atoms with E-state index < -0.39 is 0 Å². The molecule has 0 spiro atoms. The van der Waals surface area contributed by atoms with Gasteiger partial charge in [0.25, 0.3) is 0 Å². The highest BCUT2D eigenvalue weighted by atomic mass is 35.5. The number of hydrogen-bond acceptors (Lipinski definition) is 4. The molecule has 2 aliphatic rings. The van der Waals surface area contributed by atoms with E-state index >= 15 is 0 Å². The number of nitrogens with zero attached hydrogens (tertiary/aromatic N) is 2. The van der Waals surface area contributed by atoms with Crippen molar-refractivity contribution in [2.24, 2.45) is 11.7 Å². The molecule has 1 aliphatic carbocycles. The van der Waals surface area contributed by atoms with Gasteiger partial charge in [-0.05, 0) is 38.5 Å². The van der Waals surface area contributed by atoms with Gasteiger partial charge in [-0.1, -0.05) is 6.42 Å². The second-order valence-corrected chi connectivity index (χ2v) is 6.96. The SMILES string of the molecule is Cl.Cl.NC1CCCC(C(=O)N2CCCCC2c2nccs2)C1. The van der Waals surface area contributed by atoms with Gasteiger partial charge in [0, 0.05) is 30.1 Å². The number of rotatable bonds is 2. The third-order valence-corrected chi connectivity index (χ3v) is 5.46. The molecule has 1 saturated carbocycles. The van der Waals surface area contributed by atoms with Crippen LogP contribution in [0.25, 0.3) is 0 Å². The van der Waals surface area contributed by atoms with Crippen LogP contribution < -0.4 is 5.73 Å². The van der Waals surface area contributed by atoms with Crippen molar-refractivity contribution in [3.8, 4) is 0 Å². The molecule has 1 aromatic rings. The van der Waals surface area contributed by atoms with Gasteiger partial charge in [0.2, 0.25) is 5.91 Å². The van der Waals surface area contributed by atoms with E-state index in [1.54, 1.807) is 11.3 Å². The molecule has 1 amide bonds. The molecule has 2 heterocycles. The molecule has 1 aliphatic heterocycles. The van der Waals surface area contributed by atoms with Crippen LogP contribution in [-0.4, -0.2) is 28.4 Å². The summed E-state index contributed by atoms with van der Waals surface area (Å²) in [6.45, 7) is 0.884. The standard InChI is InChI=1S/C15H23N3OS.2ClH/c16-12-5-3-4-11(10-12)15(19)18-8-2-1-6-13(18)14-17-7-9-20-14;;/h7,9,11-13H,1-6,8,10,16H2;2*1H. The highest BCUT2D eigenvalue weighted by Crippen LogP contribution is 2.35. The van der Waals surface area contributed by atoms with Crippen LogP contribution in [0, 0.1) is 5.92 Å². The van der Waals surface area contributed by atoms with Crippen LogP contribution in [0.5, 0.6) is 0 Å². The fourth-order valence-corrected chi connectivity index (χ4v) is 4.32. The molecule has 22 heavy (non-hydrogen) atoms. The van der Waals surface area contributed by atoms with E-state index in [1.807, 2.05) is 11.6 Å². The summed E-state index contributed by atoms with van der Waals surface area (Å²) in [4.78, 5) is 19.4. The topological polar surface area (TPSA) is 59.2 Å². The second kappa shape index (κ2) is 9.06. The highest BCUT2D eigenvalue weighted by Gasteiger charge is 2.35. The number of thiazole rings is 1. The lowest BCUT2D eigenvalue weighted by atomic mass is 9.84. The summed E-state index contributed by atoms with van der Waals surface area (Å²) in [5, 5.41) is 3.10. The van der Waals surface area contributed by atoms with Crippen LogP contribution >= 0.6 is 36.2 Å². The van der Waals surface area contributed by atoms with Crippen molar-refractivity contribution in [3.05, 3.63) is 16.6 Å². The number of piperidine rings is 1. The maximum atomic E-state index is 12.9. The molecule has 4 nitrogen and oxygen atoms in total. The van der Waals surface area contributed by atoms with Gasteiger partial charge in [-0.25, -0.2) is 4.98 Å². The van der Waals surface area contributed by atoms with Gasteiger partial charge >= 0.3 is 0 Å². The van der Waals surface area contributed by atoms with E-state index in [9.17, 15) is 4.79 Å². The average Bonchev–Trinajstić information content (AvgIpc) is 3.00. The van der Waals surface area contributed by atoms with Crippen molar-refractivity contribution >= 4 is 42.1 Å². The Morgan fingerprint density at radius 2 is 2.05 bits per heavy atom. The lowest BCUT2D eigenvalue weighted by Crippen LogP contribution is -2.44. The molecule has 2 N–H and O–H groups in total. The molecule has 7 heteroatoms. The first-order chi connectivity index (χ1) is 9.75. The van der Waals surface area contributed by atoms with Gasteiger partial charge in [-0.15, -0.1) is 36.2 Å². The van der Waals surface area contributed by atoms with Crippen LogP contribution in [0.4, 0.5) is 0 Å². The molecule has 0 bridgehead atoms. The molecule has 1 aromatic heterocycles. The summed E-state index contributed by atoms with van der Waals surface area (Å²) < 4.78 is 0. The summed E-state index contributed by atoms with van der Waals surface area (Å²) >= 11 is 1.67. The van der Waals surface area contributed by atoms with Gasteiger partial charge in [0.15, 0.2) is 0 Å². The number of halogens is 2. The number of aromatic nitrogens is 1. The average molecular weight is 366 g/mol. The Hall–Kier alpha value is -0.360. The molecule has 0 aromatic carbocycles. The highest BCUT2D eigenvalue weighted by molar-refractivity contribution is 7.09. The Morgan fingerprint density at radius 1 is 1.23 bits per heavy atom. The number of amides is 1. The predicted molar refractivity (Wildman–Crippen MR) is 94.8 cm³/mol. The summed E-state index contributed by atoms with van der Waals surface area (Å²) in [5.74, 6) is 0.458. The molecule has 2 fully saturated rings. The molecule has 0 radical (unpaired) electrons. The molecule has 1 saturated heterocycles. The maximum Gasteiger partial charge on any atom is 0.226 e. The van der Waals surface area contributed by atoms with E-state index in [-0.39, 0.29) is 42.8 Å².